The average Bonchev–Trinajstić information content (AvgIpc) is 2.17. The minimum absolute atomic E-state index is 0. The summed E-state index contributed by atoms with van der Waals surface area (Å²) in [7, 11) is 0. The molecule has 5 heteroatoms. The molecular formula is C11H13KO3S. The van der Waals surface area contributed by atoms with Crippen LogP contribution in [0.4, 0.5) is 0 Å². The Labute approximate surface area is 142 Å². The van der Waals surface area contributed by atoms with Crippen LogP contribution in [0.25, 0.3) is 0 Å². The molecule has 0 heterocycles. The molecule has 0 amide bonds. The molecule has 0 aliphatic rings. The number of hydrogen-bond donors (Lipinski definition) is 0. The molecule has 0 aliphatic carbocycles. The van der Waals surface area contributed by atoms with Gasteiger partial charge in [0, 0.05) is 4.90 Å². The van der Waals surface area contributed by atoms with E-state index >= 15 is 0 Å². The van der Waals surface area contributed by atoms with Crippen LogP contribution in [-0.4, -0.2) is 17.5 Å². The van der Waals surface area contributed by atoms with Gasteiger partial charge in [-0.1, -0.05) is 30.0 Å². The van der Waals surface area contributed by atoms with Gasteiger partial charge in [0.25, 0.3) is 0 Å². The van der Waals surface area contributed by atoms with Crippen LogP contribution < -0.4 is 56.5 Å². The largest absolute Gasteiger partial charge is 1.00 e. The number of carboxylic acids is 1. The zero-order chi connectivity index (χ0) is 11.3. The van der Waals surface area contributed by atoms with Crippen molar-refractivity contribution in [2.75, 3.05) is 0 Å². The van der Waals surface area contributed by atoms with Crippen molar-refractivity contribution in [1.29, 1.82) is 0 Å². The van der Waals surface area contributed by atoms with Crippen molar-refractivity contribution >= 4 is 17.7 Å². The zero-order valence-corrected chi connectivity index (χ0v) is 13.6. The number of aliphatic carboxylic acids is 1. The Balaban J connectivity index is 0.00000225. The minimum Gasteiger partial charge on any atom is -0.546 e. The summed E-state index contributed by atoms with van der Waals surface area (Å²) < 4.78 is 5.22. The first-order valence-electron chi connectivity index (χ1n) is 4.67. The summed E-state index contributed by atoms with van der Waals surface area (Å²) in [5, 5.41) is 10.8. The predicted molar refractivity (Wildman–Crippen MR) is 57.3 cm³/mol. The molecule has 1 atom stereocenters. The third-order valence-electron chi connectivity index (χ3n) is 1.57. The van der Waals surface area contributed by atoms with Gasteiger partial charge in [0.15, 0.2) is 0 Å². The molecule has 0 saturated heterocycles. The number of hydrogen-bond acceptors (Lipinski definition) is 4. The van der Waals surface area contributed by atoms with E-state index in [0.29, 0.717) is 0 Å². The van der Waals surface area contributed by atoms with Gasteiger partial charge in [0.2, 0.25) is 0 Å². The van der Waals surface area contributed by atoms with Crippen LogP contribution in [0.1, 0.15) is 13.8 Å². The Morgan fingerprint density at radius 2 is 1.88 bits per heavy atom. The third-order valence-corrected chi connectivity index (χ3v) is 2.64. The van der Waals surface area contributed by atoms with Crippen molar-refractivity contribution in [2.45, 2.75) is 30.3 Å². The fourth-order valence-electron chi connectivity index (χ4n) is 1.00. The van der Waals surface area contributed by atoms with Crippen LogP contribution >= 0.6 is 11.8 Å². The monoisotopic (exact) mass is 264 g/mol. The number of carboxylic acid groups (broad SMARTS) is 1. The molecule has 1 rings (SSSR count). The van der Waals surface area contributed by atoms with Crippen molar-refractivity contribution < 1.29 is 66.0 Å². The van der Waals surface area contributed by atoms with Gasteiger partial charge in [-0.05, 0) is 26.0 Å². The molecule has 0 radical (unpaired) electrons. The fourth-order valence-corrected chi connectivity index (χ4v) is 1.94. The van der Waals surface area contributed by atoms with Gasteiger partial charge in [-0.3, -0.25) is 0 Å². The maximum Gasteiger partial charge on any atom is 1.00 e. The molecule has 16 heavy (non-hydrogen) atoms. The summed E-state index contributed by atoms with van der Waals surface area (Å²) in [6.45, 7) is 3.59. The number of ether oxygens (including phenoxy) is 1. The topological polar surface area (TPSA) is 49.4 Å². The van der Waals surface area contributed by atoms with E-state index in [-0.39, 0.29) is 57.5 Å². The van der Waals surface area contributed by atoms with E-state index in [1.807, 2.05) is 30.3 Å². The Morgan fingerprint density at radius 1 is 1.31 bits per heavy atom. The Bertz CT molecular complexity index is 316. The molecule has 1 aromatic rings. The summed E-state index contributed by atoms with van der Waals surface area (Å²) in [4.78, 5) is 11.6. The number of carbonyl (C=O) groups is 1. The SMILES string of the molecule is CC(C)OC(Sc1ccccc1)C(=O)[O-].[K+]. The maximum atomic E-state index is 10.8. The molecule has 0 fully saturated rings. The first-order valence-corrected chi connectivity index (χ1v) is 5.55. The fraction of sp³-hybridized carbons (Fsp3) is 0.364. The van der Waals surface area contributed by atoms with Crippen molar-refractivity contribution in [3.63, 3.8) is 0 Å². The van der Waals surface area contributed by atoms with Crippen LogP contribution in [0.3, 0.4) is 0 Å². The van der Waals surface area contributed by atoms with Crippen LogP contribution in [-0.2, 0) is 9.53 Å². The van der Waals surface area contributed by atoms with E-state index in [1.165, 1.54) is 0 Å². The Hall–Kier alpha value is 0.636. The van der Waals surface area contributed by atoms with E-state index in [4.69, 9.17) is 4.74 Å². The normalized spacial score (nSPS) is 11.9. The summed E-state index contributed by atoms with van der Waals surface area (Å²) in [5.41, 5.74) is -0.951. The molecule has 0 aliphatic heterocycles. The smallest absolute Gasteiger partial charge is 0.546 e. The first kappa shape index (κ1) is 16.6. The molecule has 1 unspecified atom stereocenters. The predicted octanol–water partition coefficient (Wildman–Crippen LogP) is -1.72. The number of benzene rings is 1. The van der Waals surface area contributed by atoms with E-state index < -0.39 is 11.4 Å². The maximum absolute atomic E-state index is 10.8. The number of carbonyl (C=O) groups excluding carboxylic acids is 1. The molecule has 0 spiro atoms. The molecule has 3 nitrogen and oxygen atoms in total. The van der Waals surface area contributed by atoms with Crippen molar-refractivity contribution in [2.24, 2.45) is 0 Å². The Kier molecular flexibility index (Phi) is 9.03. The second-order valence-corrected chi connectivity index (χ2v) is 4.40. The van der Waals surface area contributed by atoms with Crippen LogP contribution in [0.15, 0.2) is 35.2 Å². The van der Waals surface area contributed by atoms with Crippen LogP contribution in [0.5, 0.6) is 0 Å². The second kappa shape index (κ2) is 8.69. The van der Waals surface area contributed by atoms with Crippen molar-refractivity contribution in [3.05, 3.63) is 30.3 Å². The van der Waals surface area contributed by atoms with Gasteiger partial charge in [-0.25, -0.2) is 0 Å². The van der Waals surface area contributed by atoms with E-state index in [1.54, 1.807) is 13.8 Å². The summed E-state index contributed by atoms with van der Waals surface area (Å²) in [5.74, 6) is -1.20. The summed E-state index contributed by atoms with van der Waals surface area (Å²) in [6.07, 6.45) is -0.135. The quantitative estimate of drug-likeness (QED) is 0.361. The van der Waals surface area contributed by atoms with Gasteiger partial charge in [0.1, 0.15) is 5.44 Å². The van der Waals surface area contributed by atoms with Gasteiger partial charge < -0.3 is 14.6 Å². The van der Waals surface area contributed by atoms with Gasteiger partial charge >= 0.3 is 51.4 Å². The molecule has 82 valence electrons. The molecule has 0 aromatic heterocycles. The molecule has 0 bridgehead atoms. The molecular weight excluding hydrogens is 251 g/mol. The Morgan fingerprint density at radius 3 is 2.31 bits per heavy atom. The van der Waals surface area contributed by atoms with Crippen molar-refractivity contribution in [3.8, 4) is 0 Å². The zero-order valence-electron chi connectivity index (χ0n) is 9.67. The second-order valence-electron chi connectivity index (χ2n) is 3.27. The summed E-state index contributed by atoms with van der Waals surface area (Å²) >= 11 is 1.14. The standard InChI is InChI=1S/C11H14O3S.K/c1-8(2)14-11(10(12)13)15-9-6-4-3-5-7-9;/h3-8,11H,1-2H3,(H,12,13);/q;+1/p-1. The molecule has 0 saturated carbocycles. The van der Waals surface area contributed by atoms with E-state index in [0.717, 1.165) is 16.7 Å². The molecule has 0 N–H and O–H groups in total. The number of thioether (sulfide) groups is 1. The minimum atomic E-state index is -1.20. The number of rotatable bonds is 5. The van der Waals surface area contributed by atoms with Crippen molar-refractivity contribution in [1.82, 2.24) is 0 Å². The van der Waals surface area contributed by atoms with E-state index in [9.17, 15) is 9.90 Å². The van der Waals surface area contributed by atoms with Crippen LogP contribution in [0, 0.1) is 0 Å². The van der Waals surface area contributed by atoms with Gasteiger partial charge in [-0.15, -0.1) is 0 Å². The third kappa shape index (κ3) is 6.39. The van der Waals surface area contributed by atoms with Gasteiger partial charge in [0.05, 0.1) is 12.1 Å². The first-order chi connectivity index (χ1) is 7.09. The van der Waals surface area contributed by atoms with E-state index in [2.05, 4.69) is 0 Å². The molecule has 1 aromatic carbocycles. The van der Waals surface area contributed by atoms with Crippen LogP contribution in [0.2, 0.25) is 0 Å². The summed E-state index contributed by atoms with van der Waals surface area (Å²) in [6, 6.07) is 9.25. The average molecular weight is 264 g/mol. The van der Waals surface area contributed by atoms with Gasteiger partial charge in [-0.2, -0.15) is 0 Å².